The lowest BCUT2D eigenvalue weighted by Crippen LogP contribution is -2.35. The summed E-state index contributed by atoms with van der Waals surface area (Å²) in [5, 5.41) is 3.28. The van der Waals surface area contributed by atoms with E-state index in [9.17, 15) is 8.78 Å². The third kappa shape index (κ3) is 4.53. The molecule has 0 radical (unpaired) electrons. The number of nitrogens with one attached hydrogen (secondary N) is 1. The van der Waals surface area contributed by atoms with Crippen molar-refractivity contribution in [3.05, 3.63) is 59.7 Å². The quantitative estimate of drug-likeness (QED) is 0.885. The molecular weight excluding hydrogens is 272 g/mol. The zero-order valence-corrected chi connectivity index (χ0v) is 12.4. The third-order valence-electron chi connectivity index (χ3n) is 2.88. The summed E-state index contributed by atoms with van der Waals surface area (Å²) in [4.78, 5) is 0. The van der Waals surface area contributed by atoms with Crippen LogP contribution in [0.4, 0.5) is 8.78 Å². The molecule has 2 aromatic carbocycles. The Hall–Kier alpha value is -1.94. The van der Waals surface area contributed by atoms with E-state index in [2.05, 4.69) is 5.32 Å². The highest BCUT2D eigenvalue weighted by Crippen LogP contribution is 2.27. The normalized spacial score (nSPS) is 11.5. The van der Waals surface area contributed by atoms with Crippen molar-refractivity contribution in [3.8, 4) is 11.5 Å². The van der Waals surface area contributed by atoms with Gasteiger partial charge in [-0.1, -0.05) is 18.2 Å². The van der Waals surface area contributed by atoms with Gasteiger partial charge in [-0.3, -0.25) is 0 Å². The summed E-state index contributed by atoms with van der Waals surface area (Å²) in [6, 6.07) is 10.6. The molecule has 0 atom stereocenters. The summed E-state index contributed by atoms with van der Waals surface area (Å²) >= 11 is 0. The Morgan fingerprint density at radius 3 is 2.24 bits per heavy atom. The van der Waals surface area contributed by atoms with Crippen LogP contribution in [0.15, 0.2) is 42.5 Å². The van der Waals surface area contributed by atoms with E-state index in [-0.39, 0.29) is 17.0 Å². The van der Waals surface area contributed by atoms with Gasteiger partial charge in [0.05, 0.1) is 0 Å². The number of hydrogen-bond donors (Lipinski definition) is 1. The Morgan fingerprint density at radius 2 is 1.62 bits per heavy atom. The lowest BCUT2D eigenvalue weighted by Gasteiger charge is -2.20. The van der Waals surface area contributed by atoms with Crippen LogP contribution >= 0.6 is 0 Å². The molecule has 0 amide bonds. The highest BCUT2D eigenvalue weighted by Gasteiger charge is 2.11. The molecule has 0 aliphatic heterocycles. The van der Waals surface area contributed by atoms with Crippen molar-refractivity contribution in [2.24, 2.45) is 0 Å². The average Bonchev–Trinajstić information content (AvgIpc) is 2.41. The molecule has 0 bridgehead atoms. The first-order valence-corrected chi connectivity index (χ1v) is 6.81. The van der Waals surface area contributed by atoms with Gasteiger partial charge in [-0.05, 0) is 50.6 Å². The summed E-state index contributed by atoms with van der Waals surface area (Å²) in [6.07, 6.45) is 0. The summed E-state index contributed by atoms with van der Waals surface area (Å²) in [5.41, 5.74) is 0.766. The molecule has 0 saturated carbocycles. The van der Waals surface area contributed by atoms with Crippen LogP contribution in [0, 0.1) is 11.6 Å². The molecule has 0 fully saturated rings. The molecule has 0 saturated heterocycles. The van der Waals surface area contributed by atoms with Gasteiger partial charge in [0.25, 0.3) is 0 Å². The summed E-state index contributed by atoms with van der Waals surface area (Å²) in [7, 11) is 0. The standard InChI is InChI=1S/C17H19F2NO/c1-17(2,3)20-11-12-8-9-16(14(19)10-12)21-15-7-5-4-6-13(15)18/h4-10,20H,11H2,1-3H3. The second kappa shape index (κ2) is 6.22. The van der Waals surface area contributed by atoms with Gasteiger partial charge in [0.15, 0.2) is 23.1 Å². The van der Waals surface area contributed by atoms with Gasteiger partial charge in [0.2, 0.25) is 0 Å². The minimum absolute atomic E-state index is 0.0111. The van der Waals surface area contributed by atoms with Gasteiger partial charge in [0, 0.05) is 12.1 Å². The van der Waals surface area contributed by atoms with Crippen molar-refractivity contribution in [1.82, 2.24) is 5.32 Å². The molecule has 2 aromatic rings. The van der Waals surface area contributed by atoms with Crippen molar-refractivity contribution < 1.29 is 13.5 Å². The van der Waals surface area contributed by atoms with Gasteiger partial charge in [-0.25, -0.2) is 8.78 Å². The molecule has 0 spiro atoms. The minimum Gasteiger partial charge on any atom is -0.451 e. The second-order valence-corrected chi connectivity index (χ2v) is 5.90. The van der Waals surface area contributed by atoms with Gasteiger partial charge in [-0.15, -0.1) is 0 Å². The fourth-order valence-corrected chi connectivity index (χ4v) is 1.75. The molecule has 0 aliphatic rings. The maximum Gasteiger partial charge on any atom is 0.166 e. The topological polar surface area (TPSA) is 21.3 Å². The van der Waals surface area contributed by atoms with E-state index >= 15 is 0 Å². The third-order valence-corrected chi connectivity index (χ3v) is 2.88. The highest BCUT2D eigenvalue weighted by atomic mass is 19.1. The zero-order chi connectivity index (χ0) is 15.5. The van der Waals surface area contributed by atoms with Crippen LogP contribution in [0.1, 0.15) is 26.3 Å². The fraction of sp³-hybridized carbons (Fsp3) is 0.294. The van der Waals surface area contributed by atoms with E-state index in [1.54, 1.807) is 18.2 Å². The van der Waals surface area contributed by atoms with Crippen LogP contribution < -0.4 is 10.1 Å². The molecule has 112 valence electrons. The highest BCUT2D eigenvalue weighted by molar-refractivity contribution is 5.35. The zero-order valence-electron chi connectivity index (χ0n) is 12.4. The van der Waals surface area contributed by atoms with Crippen LogP contribution in [-0.4, -0.2) is 5.54 Å². The van der Waals surface area contributed by atoms with Crippen LogP contribution in [0.5, 0.6) is 11.5 Å². The Morgan fingerprint density at radius 1 is 0.952 bits per heavy atom. The number of halogens is 2. The van der Waals surface area contributed by atoms with Crippen molar-refractivity contribution in [3.63, 3.8) is 0 Å². The monoisotopic (exact) mass is 291 g/mol. The van der Waals surface area contributed by atoms with Crippen LogP contribution in [0.2, 0.25) is 0 Å². The van der Waals surface area contributed by atoms with E-state index in [0.717, 1.165) is 5.56 Å². The number of hydrogen-bond acceptors (Lipinski definition) is 2. The van der Waals surface area contributed by atoms with E-state index < -0.39 is 11.6 Å². The van der Waals surface area contributed by atoms with Gasteiger partial charge in [0.1, 0.15) is 0 Å². The predicted octanol–water partition coefficient (Wildman–Crippen LogP) is 4.65. The van der Waals surface area contributed by atoms with Crippen LogP contribution in [0.3, 0.4) is 0 Å². The van der Waals surface area contributed by atoms with Gasteiger partial charge in [-0.2, -0.15) is 0 Å². The summed E-state index contributed by atoms with van der Waals surface area (Å²) in [6.45, 7) is 6.68. The molecule has 4 heteroatoms. The van der Waals surface area contributed by atoms with Gasteiger partial charge >= 0.3 is 0 Å². The first-order chi connectivity index (χ1) is 9.85. The first kappa shape index (κ1) is 15.4. The molecule has 0 unspecified atom stereocenters. The summed E-state index contributed by atoms with van der Waals surface area (Å²) in [5.74, 6) is -1.00. The van der Waals surface area contributed by atoms with E-state index in [1.165, 1.54) is 24.3 Å². The SMILES string of the molecule is CC(C)(C)NCc1ccc(Oc2ccccc2F)c(F)c1. The molecular formula is C17H19F2NO. The van der Waals surface area contributed by atoms with Crippen molar-refractivity contribution in [1.29, 1.82) is 0 Å². The molecule has 2 rings (SSSR count). The molecule has 21 heavy (non-hydrogen) atoms. The maximum absolute atomic E-state index is 14.0. The molecule has 1 N–H and O–H groups in total. The van der Waals surface area contributed by atoms with Crippen LogP contribution in [-0.2, 0) is 6.54 Å². The van der Waals surface area contributed by atoms with Crippen molar-refractivity contribution >= 4 is 0 Å². The van der Waals surface area contributed by atoms with Crippen LogP contribution in [0.25, 0.3) is 0 Å². The Balaban J connectivity index is 2.11. The van der Waals surface area contributed by atoms with E-state index in [0.29, 0.717) is 6.54 Å². The van der Waals surface area contributed by atoms with Crippen molar-refractivity contribution in [2.45, 2.75) is 32.9 Å². The second-order valence-electron chi connectivity index (χ2n) is 5.90. The molecule has 0 heterocycles. The van der Waals surface area contributed by atoms with Crippen molar-refractivity contribution in [2.75, 3.05) is 0 Å². The lowest BCUT2D eigenvalue weighted by atomic mass is 10.1. The number of para-hydroxylation sites is 1. The molecule has 0 aromatic heterocycles. The maximum atomic E-state index is 14.0. The minimum atomic E-state index is -0.518. The average molecular weight is 291 g/mol. The number of benzene rings is 2. The largest absolute Gasteiger partial charge is 0.451 e. The van der Waals surface area contributed by atoms with E-state index in [4.69, 9.17) is 4.74 Å². The predicted molar refractivity (Wildman–Crippen MR) is 79.5 cm³/mol. The van der Waals surface area contributed by atoms with E-state index in [1.807, 2.05) is 20.8 Å². The first-order valence-electron chi connectivity index (χ1n) is 6.81. The summed E-state index contributed by atoms with van der Waals surface area (Å²) < 4.78 is 32.8. The van der Waals surface area contributed by atoms with Gasteiger partial charge < -0.3 is 10.1 Å². The molecule has 0 aliphatic carbocycles. The Kier molecular flexibility index (Phi) is 4.58. The number of ether oxygens (including phenoxy) is 1. The smallest absolute Gasteiger partial charge is 0.166 e. The molecule has 2 nitrogen and oxygen atoms in total. The number of rotatable bonds is 4. The lowest BCUT2D eigenvalue weighted by molar-refractivity contribution is 0.410. The Labute approximate surface area is 123 Å². The fourth-order valence-electron chi connectivity index (χ4n) is 1.75. The Bertz CT molecular complexity index is 620.